The van der Waals surface area contributed by atoms with E-state index >= 15 is 0 Å². The molecule has 1 atom stereocenters. The lowest BCUT2D eigenvalue weighted by molar-refractivity contribution is -0.167. The predicted octanol–water partition coefficient (Wildman–Crippen LogP) is 2.35. The highest BCUT2D eigenvalue weighted by molar-refractivity contribution is 7.89. The van der Waals surface area contributed by atoms with E-state index in [4.69, 9.17) is 0 Å². The lowest BCUT2D eigenvalue weighted by atomic mass is 10.0. The maximum atomic E-state index is 13.1. The highest BCUT2D eigenvalue weighted by Gasteiger charge is 2.40. The summed E-state index contributed by atoms with van der Waals surface area (Å²) in [6.45, 7) is 1.45. The minimum Gasteiger partial charge on any atom is -0.341 e. The summed E-state index contributed by atoms with van der Waals surface area (Å²) >= 11 is 0. The molecule has 11 heteroatoms. The van der Waals surface area contributed by atoms with E-state index in [1.807, 2.05) is 0 Å². The molecule has 2 fully saturated rings. The summed E-state index contributed by atoms with van der Waals surface area (Å²) in [6.07, 6.45) is -1.43. The van der Waals surface area contributed by atoms with Gasteiger partial charge in [0.05, 0.1) is 4.90 Å². The minimum atomic E-state index is -5.04. The Kier molecular flexibility index (Phi) is 6.18. The maximum Gasteiger partial charge on any atom is 0.471 e. The van der Waals surface area contributed by atoms with E-state index in [9.17, 15) is 31.2 Å². The molecule has 0 radical (unpaired) electrons. The van der Waals surface area contributed by atoms with E-state index in [2.05, 4.69) is 0 Å². The highest BCUT2D eigenvalue weighted by atomic mass is 32.2. The van der Waals surface area contributed by atoms with Crippen LogP contribution in [-0.2, 0) is 19.6 Å². The summed E-state index contributed by atoms with van der Waals surface area (Å²) in [4.78, 5) is 25.4. The van der Waals surface area contributed by atoms with Crippen molar-refractivity contribution in [2.45, 2.75) is 49.2 Å². The third kappa shape index (κ3) is 4.72. The van der Waals surface area contributed by atoms with Crippen LogP contribution in [0.3, 0.4) is 0 Å². The van der Waals surface area contributed by atoms with Gasteiger partial charge in [-0.3, -0.25) is 9.59 Å². The first-order valence-electron chi connectivity index (χ1n) is 9.39. The summed E-state index contributed by atoms with van der Waals surface area (Å²) in [5, 5.41) is 1.67. The van der Waals surface area contributed by atoms with Crippen molar-refractivity contribution in [3.05, 3.63) is 24.3 Å². The molecule has 1 unspecified atom stereocenters. The van der Waals surface area contributed by atoms with Crippen LogP contribution in [0, 0.1) is 0 Å². The van der Waals surface area contributed by atoms with Crippen molar-refractivity contribution in [2.75, 3.05) is 25.0 Å². The van der Waals surface area contributed by atoms with E-state index in [1.165, 1.54) is 4.31 Å². The fraction of sp³-hybridized carbons (Fsp3) is 0.556. The standard InChI is InChI=1S/C18H22F3N3O4S/c19-18(20,21)17(26)22-13-6-8-14(9-7-13)29(27,28)24-12-2-1-5-15(24)16(25)23-10-3-4-11-23/h6-9,15H,1-5,10-12H2,(H,22,26). The topological polar surface area (TPSA) is 86.8 Å². The smallest absolute Gasteiger partial charge is 0.341 e. The number of sulfonamides is 1. The Morgan fingerprint density at radius 3 is 2.14 bits per heavy atom. The Morgan fingerprint density at radius 2 is 1.55 bits per heavy atom. The quantitative estimate of drug-likeness (QED) is 0.790. The van der Waals surface area contributed by atoms with E-state index in [1.54, 1.807) is 10.2 Å². The molecule has 2 heterocycles. The number of alkyl halides is 3. The maximum absolute atomic E-state index is 13.1. The second-order valence-electron chi connectivity index (χ2n) is 7.14. The SMILES string of the molecule is O=C(C1CCCCN1S(=O)(=O)c1ccc(NC(=O)C(F)(F)F)cc1)N1CCCC1. The highest BCUT2D eigenvalue weighted by Crippen LogP contribution is 2.28. The Hall–Kier alpha value is -2.14. The molecule has 2 saturated heterocycles. The molecule has 7 nitrogen and oxygen atoms in total. The summed E-state index contributed by atoms with van der Waals surface area (Å²) < 4.78 is 64.4. The van der Waals surface area contributed by atoms with Gasteiger partial charge < -0.3 is 10.2 Å². The van der Waals surface area contributed by atoms with Gasteiger partial charge in [0.2, 0.25) is 15.9 Å². The number of anilines is 1. The van der Waals surface area contributed by atoms with Crippen LogP contribution in [0.2, 0.25) is 0 Å². The molecule has 1 aromatic rings. The zero-order valence-corrected chi connectivity index (χ0v) is 16.4. The molecule has 1 N–H and O–H groups in total. The molecule has 1 aromatic carbocycles. The fourth-order valence-electron chi connectivity index (χ4n) is 3.64. The average Bonchev–Trinajstić information content (AvgIpc) is 3.22. The van der Waals surface area contributed by atoms with Crippen LogP contribution in [0.1, 0.15) is 32.1 Å². The zero-order chi connectivity index (χ0) is 21.2. The average molecular weight is 433 g/mol. The van der Waals surface area contributed by atoms with Crippen LogP contribution in [0.15, 0.2) is 29.2 Å². The number of likely N-dealkylation sites (tertiary alicyclic amines) is 1. The summed E-state index contributed by atoms with van der Waals surface area (Å²) in [5.41, 5.74) is -0.172. The van der Waals surface area contributed by atoms with Gasteiger partial charge in [-0.15, -0.1) is 0 Å². The monoisotopic (exact) mass is 433 g/mol. The van der Waals surface area contributed by atoms with Gasteiger partial charge in [0, 0.05) is 25.3 Å². The number of nitrogens with one attached hydrogen (secondary N) is 1. The zero-order valence-electron chi connectivity index (χ0n) is 15.6. The molecule has 0 saturated carbocycles. The van der Waals surface area contributed by atoms with Crippen molar-refractivity contribution < 1.29 is 31.2 Å². The van der Waals surface area contributed by atoms with Crippen molar-refractivity contribution in [1.82, 2.24) is 9.21 Å². The van der Waals surface area contributed by atoms with Crippen molar-refractivity contribution in [2.24, 2.45) is 0 Å². The molecule has 0 aliphatic carbocycles. The number of amides is 2. The first kappa shape index (κ1) is 21.6. The predicted molar refractivity (Wildman–Crippen MR) is 98.5 cm³/mol. The van der Waals surface area contributed by atoms with Gasteiger partial charge in [-0.2, -0.15) is 17.5 Å². The number of hydrogen-bond donors (Lipinski definition) is 1. The molecule has 29 heavy (non-hydrogen) atoms. The van der Waals surface area contributed by atoms with Gasteiger partial charge in [-0.25, -0.2) is 8.42 Å². The number of carbonyl (C=O) groups is 2. The lowest BCUT2D eigenvalue weighted by Crippen LogP contribution is -2.52. The number of halogens is 3. The largest absolute Gasteiger partial charge is 0.471 e. The van der Waals surface area contributed by atoms with Crippen LogP contribution < -0.4 is 5.32 Å². The first-order chi connectivity index (χ1) is 13.6. The van der Waals surface area contributed by atoms with Crippen LogP contribution in [0.25, 0.3) is 0 Å². The van der Waals surface area contributed by atoms with Crippen LogP contribution >= 0.6 is 0 Å². The molecule has 2 amide bonds. The molecular formula is C18H22F3N3O4S. The number of piperidine rings is 1. The van der Waals surface area contributed by atoms with Crippen molar-refractivity contribution in [3.8, 4) is 0 Å². The summed E-state index contributed by atoms with van der Waals surface area (Å²) in [6, 6.07) is 3.69. The number of rotatable bonds is 4. The van der Waals surface area contributed by atoms with E-state index in [0.29, 0.717) is 25.9 Å². The third-order valence-corrected chi connectivity index (χ3v) is 7.06. The lowest BCUT2D eigenvalue weighted by Gasteiger charge is -2.35. The van der Waals surface area contributed by atoms with Gasteiger partial charge in [0.25, 0.3) is 0 Å². The molecule has 2 aliphatic heterocycles. The molecule has 160 valence electrons. The van der Waals surface area contributed by atoms with Crippen LogP contribution in [0.4, 0.5) is 18.9 Å². The molecule has 2 aliphatic rings. The van der Waals surface area contributed by atoms with Gasteiger partial charge in [0.15, 0.2) is 0 Å². The summed E-state index contributed by atoms with van der Waals surface area (Å²) in [7, 11) is -4.01. The Labute approximate surface area is 166 Å². The molecule has 0 spiro atoms. The Balaban J connectivity index is 1.79. The Bertz CT molecular complexity index is 865. The second kappa shape index (κ2) is 8.31. The second-order valence-corrected chi connectivity index (χ2v) is 9.03. The van der Waals surface area contributed by atoms with Crippen molar-refractivity contribution in [1.29, 1.82) is 0 Å². The number of benzene rings is 1. The molecule has 0 bridgehead atoms. The molecular weight excluding hydrogens is 411 g/mol. The number of hydrogen-bond acceptors (Lipinski definition) is 4. The Morgan fingerprint density at radius 1 is 0.966 bits per heavy atom. The van der Waals surface area contributed by atoms with Crippen LogP contribution in [0.5, 0.6) is 0 Å². The summed E-state index contributed by atoms with van der Waals surface area (Å²) in [5.74, 6) is -2.33. The van der Waals surface area contributed by atoms with E-state index < -0.39 is 28.1 Å². The molecule has 0 aromatic heterocycles. The van der Waals surface area contributed by atoms with Crippen molar-refractivity contribution >= 4 is 27.5 Å². The van der Waals surface area contributed by atoms with Gasteiger partial charge >= 0.3 is 12.1 Å². The van der Waals surface area contributed by atoms with E-state index in [-0.39, 0.29) is 23.0 Å². The van der Waals surface area contributed by atoms with Crippen LogP contribution in [-0.4, -0.2) is 61.3 Å². The number of carbonyl (C=O) groups excluding carboxylic acids is 2. The van der Waals surface area contributed by atoms with E-state index in [0.717, 1.165) is 43.5 Å². The van der Waals surface area contributed by atoms with Gasteiger partial charge in [-0.05, 0) is 49.9 Å². The third-order valence-electron chi connectivity index (χ3n) is 5.13. The molecule has 3 rings (SSSR count). The van der Waals surface area contributed by atoms with Gasteiger partial charge in [0.1, 0.15) is 6.04 Å². The van der Waals surface area contributed by atoms with Crippen molar-refractivity contribution in [3.63, 3.8) is 0 Å². The number of nitrogens with zero attached hydrogens (tertiary/aromatic N) is 2. The normalized spacial score (nSPS) is 21.2. The first-order valence-corrected chi connectivity index (χ1v) is 10.8. The minimum absolute atomic E-state index is 0.136. The fourth-order valence-corrected chi connectivity index (χ4v) is 5.29. The van der Waals surface area contributed by atoms with Gasteiger partial charge in [-0.1, -0.05) is 6.42 Å².